The van der Waals surface area contributed by atoms with Gasteiger partial charge in [0.25, 0.3) is 0 Å². The highest BCUT2D eigenvalue weighted by Gasteiger charge is 2.35. The molecular formula is C26H32FN5O3S. The number of aromatic nitrogens is 3. The Labute approximate surface area is 213 Å². The van der Waals surface area contributed by atoms with E-state index in [1.54, 1.807) is 12.1 Å². The average molecular weight is 514 g/mol. The van der Waals surface area contributed by atoms with Gasteiger partial charge in [-0.1, -0.05) is 11.2 Å². The van der Waals surface area contributed by atoms with Crippen molar-refractivity contribution in [2.75, 3.05) is 50.1 Å². The molecule has 3 aromatic rings. The number of nitrogens with zero attached hydrogens (tertiary/aromatic N) is 4. The first-order valence-electron chi connectivity index (χ1n) is 12.8. The fourth-order valence-corrected chi connectivity index (χ4v) is 6.78. The molecule has 2 saturated heterocycles. The van der Waals surface area contributed by atoms with Gasteiger partial charge in [0.2, 0.25) is 0 Å². The fraction of sp³-hybridized carbons (Fsp3) is 0.538. The van der Waals surface area contributed by atoms with Gasteiger partial charge in [0.15, 0.2) is 0 Å². The number of ether oxygens (including phenoxy) is 2. The predicted molar refractivity (Wildman–Crippen MR) is 138 cm³/mol. The number of hydrogen-bond acceptors (Lipinski definition) is 7. The Bertz CT molecular complexity index is 1220. The molecule has 3 fully saturated rings. The molecule has 2 aliphatic heterocycles. The van der Waals surface area contributed by atoms with Crippen LogP contribution in [0.25, 0.3) is 22.2 Å². The Kier molecular flexibility index (Phi) is 6.76. The van der Waals surface area contributed by atoms with Crippen molar-refractivity contribution in [2.45, 2.75) is 37.8 Å². The Balaban J connectivity index is 1.23. The molecule has 4 heterocycles. The normalized spacial score (nSPS) is 25.3. The lowest BCUT2D eigenvalue weighted by molar-refractivity contribution is 0.0679. The first-order chi connectivity index (χ1) is 17.5. The Morgan fingerprint density at radius 1 is 1.19 bits per heavy atom. The lowest BCUT2D eigenvalue weighted by atomic mass is 9.79. The van der Waals surface area contributed by atoms with Gasteiger partial charge in [0, 0.05) is 49.6 Å². The molecule has 8 nitrogen and oxygen atoms in total. The van der Waals surface area contributed by atoms with E-state index in [4.69, 9.17) is 15.2 Å². The van der Waals surface area contributed by atoms with Crippen molar-refractivity contribution >= 4 is 28.0 Å². The maximum Gasteiger partial charge on any atom is 0.146 e. The summed E-state index contributed by atoms with van der Waals surface area (Å²) in [4.78, 5) is 11.2. The second kappa shape index (κ2) is 10.2. The third-order valence-electron chi connectivity index (χ3n) is 7.72. The minimum absolute atomic E-state index is 0.0862. The largest absolute Gasteiger partial charge is 0.616 e. The molecule has 192 valence electrons. The Morgan fingerprint density at radius 3 is 2.81 bits per heavy atom. The summed E-state index contributed by atoms with van der Waals surface area (Å²) >= 11 is -0.654. The van der Waals surface area contributed by atoms with E-state index < -0.39 is 11.2 Å². The number of nitrogens with two attached hydrogens (primary N) is 1. The lowest BCUT2D eigenvalue weighted by Gasteiger charge is -2.40. The quantitative estimate of drug-likeness (QED) is 0.483. The summed E-state index contributed by atoms with van der Waals surface area (Å²) in [6.07, 6.45) is 7.61. The average Bonchev–Trinajstić information content (AvgIpc) is 3.51. The molecule has 1 aromatic carbocycles. The van der Waals surface area contributed by atoms with E-state index in [1.807, 2.05) is 6.20 Å². The minimum Gasteiger partial charge on any atom is -0.616 e. The monoisotopic (exact) mass is 513 g/mol. The standard InChI is InChI=1S/C26H32FN5O3S/c27-23-4-3-19(35-15-20-2-1-7-34-20)12-21(23)22-14-32(26-24(22)25(28)29-16-30-26)18-10-17(11-18)13-31-5-8-36(33)9-6-31/h3-4,12,14,16-18,20H,1-2,5-11,13,15H2,(H2,28,29,30)/t17-,18+,20-/m0/s1. The van der Waals surface area contributed by atoms with E-state index in [0.29, 0.717) is 40.6 Å². The number of halogens is 1. The Hall–Kier alpha value is -2.40. The first-order valence-corrected chi connectivity index (χ1v) is 14.3. The highest BCUT2D eigenvalue weighted by Crippen LogP contribution is 2.44. The zero-order valence-corrected chi connectivity index (χ0v) is 21.1. The molecule has 0 unspecified atom stereocenters. The zero-order chi connectivity index (χ0) is 24.6. The van der Waals surface area contributed by atoms with Crippen molar-refractivity contribution in [3.63, 3.8) is 0 Å². The van der Waals surface area contributed by atoms with Gasteiger partial charge in [-0.15, -0.1) is 0 Å². The topological polar surface area (TPSA) is 101 Å². The maximum absolute atomic E-state index is 15.1. The van der Waals surface area contributed by atoms with Crippen LogP contribution < -0.4 is 10.5 Å². The van der Waals surface area contributed by atoms with Crippen molar-refractivity contribution in [3.8, 4) is 16.9 Å². The number of anilines is 1. The fourth-order valence-electron chi connectivity index (χ4n) is 5.66. The molecule has 36 heavy (non-hydrogen) atoms. The summed E-state index contributed by atoms with van der Waals surface area (Å²) in [6, 6.07) is 5.11. The summed E-state index contributed by atoms with van der Waals surface area (Å²) in [5.41, 5.74) is 8.15. The molecule has 6 rings (SSSR count). The number of fused-ring (bicyclic) bond motifs is 1. The van der Waals surface area contributed by atoms with Gasteiger partial charge in [-0.05, 0) is 49.8 Å². The van der Waals surface area contributed by atoms with Crippen molar-refractivity contribution < 1.29 is 18.4 Å². The molecule has 1 saturated carbocycles. The molecule has 3 aliphatic rings. The number of rotatable bonds is 7. The van der Waals surface area contributed by atoms with Crippen LogP contribution in [0.2, 0.25) is 0 Å². The molecule has 1 aliphatic carbocycles. The van der Waals surface area contributed by atoms with Crippen molar-refractivity contribution in [1.29, 1.82) is 0 Å². The molecule has 1 atom stereocenters. The molecule has 0 bridgehead atoms. The summed E-state index contributed by atoms with van der Waals surface area (Å²) in [5, 5.41) is 0.676. The van der Waals surface area contributed by atoms with Crippen LogP contribution in [0.5, 0.6) is 5.75 Å². The SMILES string of the molecule is Nc1ncnc2c1c(-c1cc(OC[C@@H]3CCCO3)ccc1F)cn2[C@H]1C[C@@H](CN2CC[S+]([O-])CC2)C1. The van der Waals surface area contributed by atoms with E-state index in [9.17, 15) is 4.55 Å². The number of nitrogen functional groups attached to an aromatic ring is 1. The van der Waals surface area contributed by atoms with Crippen LogP contribution in [-0.4, -0.2) is 74.4 Å². The molecule has 2 aromatic heterocycles. The summed E-state index contributed by atoms with van der Waals surface area (Å²) in [7, 11) is 0. The summed E-state index contributed by atoms with van der Waals surface area (Å²) < 4.78 is 40.5. The van der Waals surface area contributed by atoms with Crippen LogP contribution in [0.4, 0.5) is 10.2 Å². The van der Waals surface area contributed by atoms with E-state index in [-0.39, 0.29) is 18.0 Å². The van der Waals surface area contributed by atoms with E-state index >= 15 is 4.39 Å². The maximum atomic E-state index is 15.1. The Morgan fingerprint density at radius 2 is 2.03 bits per heavy atom. The van der Waals surface area contributed by atoms with Gasteiger partial charge in [-0.3, -0.25) is 4.90 Å². The second-order valence-electron chi connectivity index (χ2n) is 10.1. The third kappa shape index (κ3) is 4.79. The van der Waals surface area contributed by atoms with Crippen LogP contribution >= 0.6 is 0 Å². The molecule has 0 spiro atoms. The van der Waals surface area contributed by atoms with Crippen LogP contribution in [0, 0.1) is 11.7 Å². The van der Waals surface area contributed by atoms with E-state index in [2.05, 4.69) is 19.4 Å². The van der Waals surface area contributed by atoms with Crippen molar-refractivity contribution in [3.05, 3.63) is 36.5 Å². The number of benzene rings is 1. The van der Waals surface area contributed by atoms with Gasteiger partial charge in [0.05, 0.1) is 11.5 Å². The van der Waals surface area contributed by atoms with Gasteiger partial charge in [-0.25, -0.2) is 14.4 Å². The second-order valence-corrected chi connectivity index (χ2v) is 11.8. The van der Waals surface area contributed by atoms with Gasteiger partial charge in [0.1, 0.15) is 47.5 Å². The summed E-state index contributed by atoms with van der Waals surface area (Å²) in [5.74, 6) is 2.75. The number of hydrogen-bond donors (Lipinski definition) is 1. The van der Waals surface area contributed by atoms with Crippen LogP contribution in [0.3, 0.4) is 0 Å². The van der Waals surface area contributed by atoms with Crippen molar-refractivity contribution in [1.82, 2.24) is 19.4 Å². The van der Waals surface area contributed by atoms with E-state index in [0.717, 1.165) is 69.1 Å². The summed E-state index contributed by atoms with van der Waals surface area (Å²) in [6.45, 7) is 4.09. The van der Waals surface area contributed by atoms with E-state index in [1.165, 1.54) is 12.4 Å². The first kappa shape index (κ1) is 24.0. The van der Waals surface area contributed by atoms with Crippen LogP contribution in [0.15, 0.2) is 30.7 Å². The van der Waals surface area contributed by atoms with Crippen LogP contribution in [0.1, 0.15) is 31.7 Å². The molecule has 2 N–H and O–H groups in total. The highest BCUT2D eigenvalue weighted by atomic mass is 32.2. The smallest absolute Gasteiger partial charge is 0.146 e. The van der Waals surface area contributed by atoms with Gasteiger partial charge < -0.3 is 24.3 Å². The lowest BCUT2D eigenvalue weighted by Crippen LogP contribution is -2.45. The van der Waals surface area contributed by atoms with Crippen LogP contribution in [-0.2, 0) is 15.9 Å². The van der Waals surface area contributed by atoms with Gasteiger partial charge in [-0.2, -0.15) is 0 Å². The molecule has 0 radical (unpaired) electrons. The zero-order valence-electron chi connectivity index (χ0n) is 20.3. The molecule has 10 heteroatoms. The molecular weight excluding hydrogens is 481 g/mol. The molecule has 0 amide bonds. The van der Waals surface area contributed by atoms with Crippen molar-refractivity contribution in [2.24, 2.45) is 5.92 Å². The van der Waals surface area contributed by atoms with Gasteiger partial charge >= 0.3 is 0 Å². The third-order valence-corrected chi connectivity index (χ3v) is 8.99. The minimum atomic E-state index is -0.654. The predicted octanol–water partition coefficient (Wildman–Crippen LogP) is 3.39. The highest BCUT2D eigenvalue weighted by molar-refractivity contribution is 7.91.